The molecule has 2 nitrogen and oxygen atoms in total. The summed E-state index contributed by atoms with van der Waals surface area (Å²) >= 11 is 1.66. The van der Waals surface area contributed by atoms with E-state index in [0.29, 0.717) is 0 Å². The fraction of sp³-hybridized carbons (Fsp3) is 0.182. The van der Waals surface area contributed by atoms with Gasteiger partial charge in [0, 0.05) is 6.20 Å². The smallest absolute Gasteiger partial charge is 0.110 e. The Hall–Kier alpha value is -1.19. The molecule has 14 heavy (non-hydrogen) atoms. The Morgan fingerprint density at radius 2 is 2.00 bits per heavy atom. The summed E-state index contributed by atoms with van der Waals surface area (Å²) in [6, 6.07) is 10.3. The van der Waals surface area contributed by atoms with Crippen molar-refractivity contribution >= 4 is 11.3 Å². The third kappa shape index (κ3) is 1.84. The lowest BCUT2D eigenvalue weighted by Gasteiger charge is -1.97. The summed E-state index contributed by atoms with van der Waals surface area (Å²) in [5, 5.41) is 0.990. The molecule has 2 rings (SSSR count). The largest absolute Gasteiger partial charge is 0.322 e. The van der Waals surface area contributed by atoms with E-state index in [1.165, 1.54) is 10.4 Å². The first kappa shape index (κ1) is 9.37. The molecule has 0 aliphatic heterocycles. The van der Waals surface area contributed by atoms with Crippen molar-refractivity contribution in [3.63, 3.8) is 0 Å². The van der Waals surface area contributed by atoms with Gasteiger partial charge in [0.1, 0.15) is 5.01 Å². The second-order valence-electron chi connectivity index (χ2n) is 3.22. The van der Waals surface area contributed by atoms with Gasteiger partial charge in [-0.1, -0.05) is 30.3 Å². The molecule has 2 aromatic rings. The van der Waals surface area contributed by atoms with Crippen LogP contribution in [0.4, 0.5) is 0 Å². The van der Waals surface area contributed by atoms with Gasteiger partial charge in [-0.2, -0.15) is 0 Å². The number of rotatable bonds is 2. The third-order valence-electron chi connectivity index (χ3n) is 1.97. The van der Waals surface area contributed by atoms with Crippen LogP contribution in [0.5, 0.6) is 0 Å². The van der Waals surface area contributed by atoms with Crippen molar-refractivity contribution in [3.05, 3.63) is 41.5 Å². The Balaban J connectivity index is 2.34. The van der Waals surface area contributed by atoms with Crippen molar-refractivity contribution in [1.29, 1.82) is 0 Å². The summed E-state index contributed by atoms with van der Waals surface area (Å²) in [5.74, 6) is 0. The minimum absolute atomic E-state index is 0.0254. The molecule has 0 amide bonds. The molecule has 72 valence electrons. The van der Waals surface area contributed by atoms with Crippen LogP contribution in [-0.2, 0) is 0 Å². The van der Waals surface area contributed by atoms with E-state index in [-0.39, 0.29) is 6.04 Å². The van der Waals surface area contributed by atoms with Crippen molar-refractivity contribution in [2.45, 2.75) is 13.0 Å². The van der Waals surface area contributed by atoms with Gasteiger partial charge in [0.25, 0.3) is 0 Å². The van der Waals surface area contributed by atoms with E-state index in [0.717, 1.165) is 5.01 Å². The molecule has 0 aliphatic carbocycles. The van der Waals surface area contributed by atoms with Crippen LogP contribution < -0.4 is 5.73 Å². The first-order valence-electron chi connectivity index (χ1n) is 4.54. The maximum absolute atomic E-state index is 5.75. The Bertz CT molecular complexity index is 406. The normalized spacial score (nSPS) is 12.7. The molecule has 1 heterocycles. The summed E-state index contributed by atoms with van der Waals surface area (Å²) in [6.45, 7) is 1.95. The Kier molecular flexibility index (Phi) is 2.61. The van der Waals surface area contributed by atoms with Gasteiger partial charge < -0.3 is 5.73 Å². The van der Waals surface area contributed by atoms with Crippen molar-refractivity contribution in [1.82, 2.24) is 4.98 Å². The maximum Gasteiger partial charge on any atom is 0.110 e. The van der Waals surface area contributed by atoms with Crippen LogP contribution >= 0.6 is 11.3 Å². The summed E-state index contributed by atoms with van der Waals surface area (Å²) in [5.41, 5.74) is 6.96. The topological polar surface area (TPSA) is 38.9 Å². The first-order valence-corrected chi connectivity index (χ1v) is 5.36. The third-order valence-corrected chi connectivity index (χ3v) is 3.22. The minimum Gasteiger partial charge on any atom is -0.322 e. The van der Waals surface area contributed by atoms with Gasteiger partial charge in [-0.3, -0.25) is 0 Å². The summed E-state index contributed by atoms with van der Waals surface area (Å²) in [6.07, 6.45) is 1.89. The number of hydrogen-bond acceptors (Lipinski definition) is 3. The van der Waals surface area contributed by atoms with Crippen LogP contribution in [0.15, 0.2) is 36.5 Å². The highest BCUT2D eigenvalue weighted by atomic mass is 32.1. The molecule has 0 saturated carbocycles. The number of hydrogen-bond donors (Lipinski definition) is 1. The van der Waals surface area contributed by atoms with Gasteiger partial charge in [0.2, 0.25) is 0 Å². The van der Waals surface area contributed by atoms with Crippen LogP contribution in [0.1, 0.15) is 18.0 Å². The summed E-state index contributed by atoms with van der Waals surface area (Å²) in [4.78, 5) is 5.46. The molecule has 0 radical (unpaired) electrons. The molecular weight excluding hydrogens is 192 g/mol. The zero-order valence-corrected chi connectivity index (χ0v) is 8.79. The molecule has 1 aromatic carbocycles. The lowest BCUT2D eigenvalue weighted by Crippen LogP contribution is -2.03. The van der Waals surface area contributed by atoms with Gasteiger partial charge >= 0.3 is 0 Å². The van der Waals surface area contributed by atoms with Gasteiger partial charge in [0.15, 0.2) is 0 Å². The molecule has 1 aromatic heterocycles. The van der Waals surface area contributed by atoms with Gasteiger partial charge in [-0.05, 0) is 12.5 Å². The van der Waals surface area contributed by atoms with E-state index < -0.39 is 0 Å². The molecule has 1 atom stereocenters. The van der Waals surface area contributed by atoms with Crippen LogP contribution in [0, 0.1) is 0 Å². The molecule has 0 bridgehead atoms. The highest BCUT2D eigenvalue weighted by molar-refractivity contribution is 7.15. The summed E-state index contributed by atoms with van der Waals surface area (Å²) < 4.78 is 0. The molecule has 0 fully saturated rings. The van der Waals surface area contributed by atoms with E-state index >= 15 is 0 Å². The van der Waals surface area contributed by atoms with Gasteiger partial charge in [-0.15, -0.1) is 11.3 Å². The SMILES string of the molecule is CC(N)c1ncc(-c2ccccc2)s1. The highest BCUT2D eigenvalue weighted by Gasteiger charge is 2.06. The summed E-state index contributed by atoms with van der Waals surface area (Å²) in [7, 11) is 0. The zero-order valence-electron chi connectivity index (χ0n) is 7.97. The lowest BCUT2D eigenvalue weighted by molar-refractivity contribution is 0.807. The van der Waals surface area contributed by atoms with Gasteiger partial charge in [0.05, 0.1) is 10.9 Å². The van der Waals surface area contributed by atoms with Crippen LogP contribution in [0.3, 0.4) is 0 Å². The van der Waals surface area contributed by atoms with Crippen molar-refractivity contribution in [2.75, 3.05) is 0 Å². The molecule has 0 aliphatic rings. The van der Waals surface area contributed by atoms with E-state index in [1.807, 2.05) is 31.3 Å². The molecule has 1 unspecified atom stereocenters. The van der Waals surface area contributed by atoms with Crippen LogP contribution in [-0.4, -0.2) is 4.98 Å². The predicted octanol–water partition coefficient (Wildman–Crippen LogP) is 2.83. The second kappa shape index (κ2) is 3.90. The van der Waals surface area contributed by atoms with Crippen LogP contribution in [0.25, 0.3) is 10.4 Å². The Morgan fingerprint density at radius 1 is 1.29 bits per heavy atom. The predicted molar refractivity (Wildman–Crippen MR) is 60.2 cm³/mol. The van der Waals surface area contributed by atoms with Crippen LogP contribution in [0.2, 0.25) is 0 Å². The van der Waals surface area contributed by atoms with E-state index in [1.54, 1.807) is 11.3 Å². The fourth-order valence-electron chi connectivity index (χ4n) is 1.23. The van der Waals surface area contributed by atoms with Crippen molar-refractivity contribution in [2.24, 2.45) is 5.73 Å². The number of aromatic nitrogens is 1. The second-order valence-corrected chi connectivity index (χ2v) is 4.28. The van der Waals surface area contributed by atoms with Gasteiger partial charge in [-0.25, -0.2) is 4.98 Å². The average Bonchev–Trinajstić information content (AvgIpc) is 2.68. The fourth-order valence-corrected chi connectivity index (χ4v) is 2.11. The Labute approximate surface area is 87.4 Å². The van der Waals surface area contributed by atoms with E-state index in [4.69, 9.17) is 5.73 Å². The first-order chi connectivity index (χ1) is 6.77. The van der Waals surface area contributed by atoms with E-state index in [9.17, 15) is 0 Å². The van der Waals surface area contributed by atoms with Crippen molar-refractivity contribution < 1.29 is 0 Å². The molecule has 0 saturated heterocycles. The molecule has 0 spiro atoms. The molecule has 3 heteroatoms. The average molecular weight is 204 g/mol. The highest BCUT2D eigenvalue weighted by Crippen LogP contribution is 2.27. The monoisotopic (exact) mass is 204 g/mol. The quantitative estimate of drug-likeness (QED) is 0.817. The van der Waals surface area contributed by atoms with E-state index in [2.05, 4.69) is 17.1 Å². The lowest BCUT2D eigenvalue weighted by atomic mass is 10.2. The zero-order chi connectivity index (χ0) is 9.97. The Morgan fingerprint density at radius 3 is 2.57 bits per heavy atom. The van der Waals surface area contributed by atoms with Crippen molar-refractivity contribution in [3.8, 4) is 10.4 Å². The number of benzene rings is 1. The molecular formula is C11H12N2S. The standard InChI is InChI=1S/C11H12N2S/c1-8(12)11-13-7-10(14-11)9-5-3-2-4-6-9/h2-8H,12H2,1H3. The number of nitrogens with two attached hydrogens (primary N) is 1. The minimum atomic E-state index is 0.0254. The number of nitrogens with zero attached hydrogens (tertiary/aromatic N) is 1. The molecule has 2 N–H and O–H groups in total. The number of thiazole rings is 1. The maximum atomic E-state index is 5.75.